The number of H-pyrrole nitrogens is 1. The second kappa shape index (κ2) is 4.39. The summed E-state index contributed by atoms with van der Waals surface area (Å²) in [5.74, 6) is 0. The van der Waals surface area contributed by atoms with Crippen LogP contribution < -0.4 is 5.32 Å². The summed E-state index contributed by atoms with van der Waals surface area (Å²) in [7, 11) is 0. The molecule has 13 heavy (non-hydrogen) atoms. The third kappa shape index (κ3) is 2.54. The van der Waals surface area contributed by atoms with Gasteiger partial charge in [0.05, 0.1) is 18.9 Å². The molecule has 2 heterocycles. The molecule has 0 aliphatic carbocycles. The van der Waals surface area contributed by atoms with Gasteiger partial charge in [0, 0.05) is 18.3 Å². The fraction of sp³-hybridized carbons (Fsp3) is 0.667. The van der Waals surface area contributed by atoms with Gasteiger partial charge in [-0.05, 0) is 19.4 Å². The Morgan fingerprint density at radius 1 is 1.62 bits per heavy atom. The van der Waals surface area contributed by atoms with Crippen LogP contribution in [0.2, 0.25) is 0 Å². The van der Waals surface area contributed by atoms with Gasteiger partial charge in [0.1, 0.15) is 0 Å². The van der Waals surface area contributed by atoms with Crippen molar-refractivity contribution in [3.05, 3.63) is 18.0 Å². The molecule has 0 saturated carbocycles. The lowest BCUT2D eigenvalue weighted by Gasteiger charge is -2.22. The van der Waals surface area contributed by atoms with Crippen LogP contribution in [0.1, 0.15) is 18.4 Å². The number of nitrogens with zero attached hydrogens (tertiary/aromatic N) is 1. The first-order valence-corrected chi connectivity index (χ1v) is 4.75. The van der Waals surface area contributed by atoms with E-state index in [0.29, 0.717) is 12.7 Å². The Kier molecular flexibility index (Phi) is 2.94. The van der Waals surface area contributed by atoms with Crippen molar-refractivity contribution in [1.29, 1.82) is 0 Å². The van der Waals surface area contributed by atoms with Crippen LogP contribution >= 0.6 is 0 Å². The van der Waals surface area contributed by atoms with Gasteiger partial charge >= 0.3 is 0 Å². The molecule has 0 aromatic carbocycles. The van der Waals surface area contributed by atoms with E-state index >= 15 is 0 Å². The van der Waals surface area contributed by atoms with E-state index in [1.807, 2.05) is 6.20 Å². The molecule has 1 atom stereocenters. The number of hydrogen-bond donors (Lipinski definition) is 2. The lowest BCUT2D eigenvalue weighted by molar-refractivity contribution is 0.0253. The smallest absolute Gasteiger partial charge is 0.0751 e. The standard InChI is InChI=1S/C9H15N3O/c1-2-9(6-10-3-1)13-7-8-4-11-12-5-8/h4-5,9-10H,1-3,6-7H2,(H,11,12). The highest BCUT2D eigenvalue weighted by molar-refractivity contribution is 5.00. The summed E-state index contributed by atoms with van der Waals surface area (Å²) in [5.41, 5.74) is 1.12. The summed E-state index contributed by atoms with van der Waals surface area (Å²) in [5, 5.41) is 9.95. The third-order valence-electron chi connectivity index (χ3n) is 2.29. The zero-order chi connectivity index (χ0) is 8.93. The normalized spacial score (nSPS) is 23.2. The van der Waals surface area contributed by atoms with Crippen molar-refractivity contribution >= 4 is 0 Å². The molecule has 2 rings (SSSR count). The van der Waals surface area contributed by atoms with Crippen LogP contribution in [0.4, 0.5) is 0 Å². The monoisotopic (exact) mass is 181 g/mol. The minimum atomic E-state index is 0.378. The molecule has 0 amide bonds. The number of ether oxygens (including phenoxy) is 1. The first-order valence-electron chi connectivity index (χ1n) is 4.75. The Balaban J connectivity index is 1.72. The highest BCUT2D eigenvalue weighted by atomic mass is 16.5. The first kappa shape index (κ1) is 8.72. The molecule has 0 spiro atoms. The maximum Gasteiger partial charge on any atom is 0.0751 e. The number of piperidine rings is 1. The maximum absolute atomic E-state index is 5.70. The molecule has 0 bridgehead atoms. The van der Waals surface area contributed by atoms with Crippen LogP contribution in [0, 0.1) is 0 Å². The Morgan fingerprint density at radius 3 is 3.31 bits per heavy atom. The van der Waals surface area contributed by atoms with Crippen LogP contribution in [-0.2, 0) is 11.3 Å². The summed E-state index contributed by atoms with van der Waals surface area (Å²) in [6, 6.07) is 0. The minimum Gasteiger partial charge on any atom is -0.372 e. The first-order chi connectivity index (χ1) is 6.45. The molecule has 1 aliphatic heterocycles. The average Bonchev–Trinajstić information content (AvgIpc) is 2.69. The molecule has 1 aromatic rings. The molecular formula is C9H15N3O. The van der Waals surface area contributed by atoms with Gasteiger partial charge in [0.25, 0.3) is 0 Å². The van der Waals surface area contributed by atoms with Gasteiger partial charge in [-0.15, -0.1) is 0 Å². The van der Waals surface area contributed by atoms with E-state index in [-0.39, 0.29) is 0 Å². The van der Waals surface area contributed by atoms with Gasteiger partial charge in [0.2, 0.25) is 0 Å². The molecule has 0 radical (unpaired) electrons. The second-order valence-electron chi connectivity index (χ2n) is 3.39. The predicted molar refractivity (Wildman–Crippen MR) is 49.3 cm³/mol. The molecule has 4 nitrogen and oxygen atoms in total. The van der Waals surface area contributed by atoms with Crippen LogP contribution in [0.25, 0.3) is 0 Å². The SMILES string of the molecule is c1n[nH]cc1COC1CCCNC1. The molecule has 1 fully saturated rings. The Bertz CT molecular complexity index is 229. The van der Waals surface area contributed by atoms with Crippen LogP contribution in [0.3, 0.4) is 0 Å². The van der Waals surface area contributed by atoms with Gasteiger partial charge in [-0.1, -0.05) is 0 Å². The van der Waals surface area contributed by atoms with Crippen molar-refractivity contribution in [2.24, 2.45) is 0 Å². The molecule has 1 aromatic heterocycles. The van der Waals surface area contributed by atoms with Crippen molar-refractivity contribution in [2.75, 3.05) is 13.1 Å². The third-order valence-corrected chi connectivity index (χ3v) is 2.29. The quantitative estimate of drug-likeness (QED) is 0.721. The minimum absolute atomic E-state index is 0.378. The molecule has 1 aliphatic rings. The summed E-state index contributed by atoms with van der Waals surface area (Å²) < 4.78 is 5.70. The van der Waals surface area contributed by atoms with Gasteiger partial charge < -0.3 is 10.1 Å². The van der Waals surface area contributed by atoms with E-state index in [1.54, 1.807) is 6.20 Å². The van der Waals surface area contributed by atoms with E-state index in [2.05, 4.69) is 15.5 Å². The molecule has 4 heteroatoms. The van der Waals surface area contributed by atoms with Crippen LogP contribution in [0.15, 0.2) is 12.4 Å². The molecule has 2 N–H and O–H groups in total. The maximum atomic E-state index is 5.70. The molecular weight excluding hydrogens is 166 g/mol. The van der Waals surface area contributed by atoms with Crippen molar-refractivity contribution in [3.63, 3.8) is 0 Å². The molecule has 1 saturated heterocycles. The molecule has 1 unspecified atom stereocenters. The number of aromatic nitrogens is 2. The van der Waals surface area contributed by atoms with Crippen molar-refractivity contribution < 1.29 is 4.74 Å². The van der Waals surface area contributed by atoms with Gasteiger partial charge in [0.15, 0.2) is 0 Å². The van der Waals surface area contributed by atoms with Crippen molar-refractivity contribution in [1.82, 2.24) is 15.5 Å². The van der Waals surface area contributed by atoms with E-state index < -0.39 is 0 Å². The van der Waals surface area contributed by atoms with E-state index in [0.717, 1.165) is 18.7 Å². The summed E-state index contributed by atoms with van der Waals surface area (Å²) in [4.78, 5) is 0. The zero-order valence-electron chi connectivity index (χ0n) is 7.62. The highest BCUT2D eigenvalue weighted by Crippen LogP contribution is 2.08. The van der Waals surface area contributed by atoms with Gasteiger partial charge in [-0.25, -0.2) is 0 Å². The number of aromatic amines is 1. The topological polar surface area (TPSA) is 49.9 Å². The van der Waals surface area contributed by atoms with E-state index in [4.69, 9.17) is 4.74 Å². The Morgan fingerprint density at radius 2 is 2.62 bits per heavy atom. The van der Waals surface area contributed by atoms with Crippen LogP contribution in [0.5, 0.6) is 0 Å². The van der Waals surface area contributed by atoms with E-state index in [9.17, 15) is 0 Å². The fourth-order valence-corrected chi connectivity index (χ4v) is 1.53. The summed E-state index contributed by atoms with van der Waals surface area (Å²) in [6.45, 7) is 2.78. The lowest BCUT2D eigenvalue weighted by atomic mass is 10.1. The zero-order valence-corrected chi connectivity index (χ0v) is 7.62. The number of rotatable bonds is 3. The fourth-order valence-electron chi connectivity index (χ4n) is 1.53. The second-order valence-corrected chi connectivity index (χ2v) is 3.39. The van der Waals surface area contributed by atoms with Gasteiger partial charge in [-0.2, -0.15) is 5.10 Å². The molecule has 72 valence electrons. The highest BCUT2D eigenvalue weighted by Gasteiger charge is 2.12. The predicted octanol–water partition coefficient (Wildman–Crippen LogP) is 0.678. The Hall–Kier alpha value is -0.870. The van der Waals surface area contributed by atoms with Crippen molar-refractivity contribution in [3.8, 4) is 0 Å². The van der Waals surface area contributed by atoms with Crippen LogP contribution in [-0.4, -0.2) is 29.4 Å². The number of hydrogen-bond acceptors (Lipinski definition) is 3. The average molecular weight is 181 g/mol. The van der Waals surface area contributed by atoms with Crippen molar-refractivity contribution in [2.45, 2.75) is 25.6 Å². The van der Waals surface area contributed by atoms with E-state index in [1.165, 1.54) is 12.8 Å². The van der Waals surface area contributed by atoms with Gasteiger partial charge in [-0.3, -0.25) is 5.10 Å². The number of nitrogens with one attached hydrogen (secondary N) is 2. The Labute approximate surface area is 77.7 Å². The summed E-state index contributed by atoms with van der Waals surface area (Å²) >= 11 is 0. The lowest BCUT2D eigenvalue weighted by Crippen LogP contribution is -2.35. The summed E-state index contributed by atoms with van der Waals surface area (Å²) in [6.07, 6.45) is 6.44. The largest absolute Gasteiger partial charge is 0.372 e.